The number of nitrogens with one attached hydrogen (secondary N) is 1. The van der Waals surface area contributed by atoms with E-state index in [-0.39, 0.29) is 0 Å². The molecule has 0 bridgehead atoms. The van der Waals surface area contributed by atoms with E-state index in [4.69, 9.17) is 4.42 Å². The third-order valence-electron chi connectivity index (χ3n) is 3.00. The Bertz CT molecular complexity index is 346. The largest absolute Gasteiger partial charge is 0.407 e. The van der Waals surface area contributed by atoms with E-state index in [2.05, 4.69) is 41.2 Å². The zero-order chi connectivity index (χ0) is 12.3. The smallest absolute Gasteiger partial charge is 0.318 e. The number of hydrogen-bond donors (Lipinski definition) is 1. The van der Waals surface area contributed by atoms with Crippen LogP contribution in [0, 0.1) is 5.92 Å². The molecule has 17 heavy (non-hydrogen) atoms. The Balaban J connectivity index is 1.98. The topological polar surface area (TPSA) is 54.2 Å². The van der Waals surface area contributed by atoms with Gasteiger partial charge in [-0.05, 0) is 39.2 Å². The van der Waals surface area contributed by atoms with Crippen molar-refractivity contribution in [3.63, 3.8) is 0 Å². The summed E-state index contributed by atoms with van der Waals surface area (Å²) >= 11 is 0. The van der Waals surface area contributed by atoms with Gasteiger partial charge in [0, 0.05) is 12.6 Å². The molecule has 0 saturated heterocycles. The third kappa shape index (κ3) is 3.43. The van der Waals surface area contributed by atoms with Crippen molar-refractivity contribution in [3.05, 3.63) is 5.89 Å². The van der Waals surface area contributed by atoms with Gasteiger partial charge in [-0.15, -0.1) is 5.10 Å². The molecule has 0 radical (unpaired) electrons. The molecule has 5 heteroatoms. The Kier molecular flexibility index (Phi) is 3.99. The number of hydrogen-bond acceptors (Lipinski definition) is 5. The Morgan fingerprint density at radius 3 is 2.76 bits per heavy atom. The highest BCUT2D eigenvalue weighted by atomic mass is 16.4. The van der Waals surface area contributed by atoms with E-state index in [0.717, 1.165) is 19.0 Å². The summed E-state index contributed by atoms with van der Waals surface area (Å²) in [6, 6.07) is 1.07. The molecule has 0 aliphatic heterocycles. The van der Waals surface area contributed by atoms with E-state index in [1.54, 1.807) is 0 Å². The van der Waals surface area contributed by atoms with E-state index >= 15 is 0 Å². The quantitative estimate of drug-likeness (QED) is 0.785. The van der Waals surface area contributed by atoms with Crippen molar-refractivity contribution in [3.8, 4) is 0 Å². The van der Waals surface area contributed by atoms with Crippen LogP contribution >= 0.6 is 0 Å². The van der Waals surface area contributed by atoms with E-state index in [1.165, 1.54) is 12.8 Å². The lowest BCUT2D eigenvalue weighted by Crippen LogP contribution is -2.33. The van der Waals surface area contributed by atoms with Crippen LogP contribution in [0.5, 0.6) is 0 Å². The third-order valence-corrected chi connectivity index (χ3v) is 3.00. The van der Waals surface area contributed by atoms with Crippen molar-refractivity contribution in [2.45, 2.75) is 46.2 Å². The highest BCUT2D eigenvalue weighted by Gasteiger charge is 2.28. The van der Waals surface area contributed by atoms with Crippen molar-refractivity contribution in [1.82, 2.24) is 15.5 Å². The van der Waals surface area contributed by atoms with Gasteiger partial charge in [-0.1, -0.05) is 12.0 Å². The van der Waals surface area contributed by atoms with Gasteiger partial charge >= 0.3 is 6.01 Å². The van der Waals surface area contributed by atoms with Gasteiger partial charge in [0.1, 0.15) is 0 Å². The van der Waals surface area contributed by atoms with Crippen LogP contribution in [-0.4, -0.2) is 29.3 Å². The highest BCUT2D eigenvalue weighted by Crippen LogP contribution is 2.31. The normalized spacial score (nSPS) is 15.5. The lowest BCUT2D eigenvalue weighted by atomic mass is 10.3. The van der Waals surface area contributed by atoms with E-state index in [9.17, 15) is 0 Å². The lowest BCUT2D eigenvalue weighted by molar-refractivity contribution is 0.451. The molecule has 0 spiro atoms. The molecule has 0 atom stereocenters. The summed E-state index contributed by atoms with van der Waals surface area (Å²) in [6.45, 7) is 8.99. The minimum Gasteiger partial charge on any atom is -0.407 e. The molecule has 0 aromatic carbocycles. The summed E-state index contributed by atoms with van der Waals surface area (Å²) in [5.74, 6) is 1.49. The first kappa shape index (κ1) is 12.4. The highest BCUT2D eigenvalue weighted by molar-refractivity contribution is 5.26. The SMILES string of the molecule is CCNCc1nnc(N(CC2CC2)C(C)C)o1. The van der Waals surface area contributed by atoms with Crippen molar-refractivity contribution < 1.29 is 4.42 Å². The lowest BCUT2D eigenvalue weighted by Gasteiger charge is -2.24. The predicted octanol–water partition coefficient (Wildman–Crippen LogP) is 1.80. The number of nitrogens with zero attached hydrogens (tertiary/aromatic N) is 3. The molecule has 96 valence electrons. The summed E-state index contributed by atoms with van der Waals surface area (Å²) in [5.41, 5.74) is 0. The van der Waals surface area contributed by atoms with E-state index < -0.39 is 0 Å². The van der Waals surface area contributed by atoms with Crippen LogP contribution < -0.4 is 10.2 Å². The molecule has 1 fully saturated rings. The average molecular weight is 238 g/mol. The molecule has 1 heterocycles. The molecule has 1 aliphatic carbocycles. The fourth-order valence-corrected chi connectivity index (χ4v) is 1.75. The second-order valence-electron chi connectivity index (χ2n) is 4.95. The van der Waals surface area contributed by atoms with E-state index in [1.807, 2.05) is 0 Å². The first-order valence-electron chi connectivity index (χ1n) is 6.50. The van der Waals surface area contributed by atoms with Crippen molar-refractivity contribution in [1.29, 1.82) is 0 Å². The minimum atomic E-state index is 0.406. The zero-order valence-electron chi connectivity index (χ0n) is 10.9. The monoisotopic (exact) mass is 238 g/mol. The van der Waals surface area contributed by atoms with Crippen LogP contribution in [0.15, 0.2) is 4.42 Å². The Labute approximate surface area is 103 Å². The van der Waals surface area contributed by atoms with Gasteiger partial charge in [0.05, 0.1) is 6.54 Å². The van der Waals surface area contributed by atoms with Gasteiger partial charge in [0.2, 0.25) is 5.89 Å². The van der Waals surface area contributed by atoms with Crippen molar-refractivity contribution >= 4 is 6.01 Å². The van der Waals surface area contributed by atoms with Gasteiger partial charge < -0.3 is 14.6 Å². The van der Waals surface area contributed by atoms with Crippen LogP contribution in [0.1, 0.15) is 39.5 Å². The summed E-state index contributed by atoms with van der Waals surface area (Å²) in [4.78, 5) is 2.21. The Morgan fingerprint density at radius 1 is 1.41 bits per heavy atom. The molecule has 1 aliphatic rings. The molecule has 5 nitrogen and oxygen atoms in total. The second kappa shape index (κ2) is 5.49. The minimum absolute atomic E-state index is 0.406. The second-order valence-corrected chi connectivity index (χ2v) is 4.95. The molecule has 0 unspecified atom stereocenters. The van der Waals surface area contributed by atoms with Crippen LogP contribution in [0.2, 0.25) is 0 Å². The fourth-order valence-electron chi connectivity index (χ4n) is 1.75. The molecular formula is C12H22N4O. The zero-order valence-corrected chi connectivity index (χ0v) is 10.9. The Morgan fingerprint density at radius 2 is 2.18 bits per heavy atom. The number of aromatic nitrogens is 2. The molecule has 1 aromatic rings. The molecule has 2 rings (SSSR count). The molecule has 1 saturated carbocycles. The van der Waals surface area contributed by atoms with Crippen LogP contribution in [0.25, 0.3) is 0 Å². The maximum Gasteiger partial charge on any atom is 0.318 e. The van der Waals surface area contributed by atoms with E-state index in [0.29, 0.717) is 24.5 Å². The molecule has 1 N–H and O–H groups in total. The molecule has 0 amide bonds. The van der Waals surface area contributed by atoms with Crippen LogP contribution in [0.3, 0.4) is 0 Å². The maximum atomic E-state index is 5.68. The summed E-state index contributed by atoms with van der Waals surface area (Å²) in [7, 11) is 0. The summed E-state index contributed by atoms with van der Waals surface area (Å²) in [5, 5.41) is 11.4. The van der Waals surface area contributed by atoms with Crippen LogP contribution in [0.4, 0.5) is 6.01 Å². The van der Waals surface area contributed by atoms with Crippen molar-refractivity contribution in [2.24, 2.45) is 5.92 Å². The molecular weight excluding hydrogens is 216 g/mol. The average Bonchev–Trinajstić information content (AvgIpc) is 3.01. The maximum absolute atomic E-state index is 5.68. The number of anilines is 1. The van der Waals surface area contributed by atoms with Crippen molar-refractivity contribution in [2.75, 3.05) is 18.0 Å². The number of rotatable bonds is 7. The summed E-state index contributed by atoms with van der Waals surface area (Å²) in [6.07, 6.45) is 2.67. The standard InChI is InChI=1S/C12H22N4O/c1-4-13-7-11-14-15-12(17-11)16(9(2)3)8-10-5-6-10/h9-10,13H,4-8H2,1-3H3. The Hall–Kier alpha value is -1.10. The molecule has 1 aromatic heterocycles. The first-order valence-corrected chi connectivity index (χ1v) is 6.50. The van der Waals surface area contributed by atoms with Gasteiger partial charge in [-0.3, -0.25) is 0 Å². The first-order chi connectivity index (χ1) is 8.20. The van der Waals surface area contributed by atoms with Crippen LogP contribution in [-0.2, 0) is 6.54 Å². The summed E-state index contributed by atoms with van der Waals surface area (Å²) < 4.78 is 5.68. The van der Waals surface area contributed by atoms with Gasteiger partial charge in [-0.2, -0.15) is 0 Å². The predicted molar refractivity (Wildman–Crippen MR) is 66.9 cm³/mol. The fraction of sp³-hybridized carbons (Fsp3) is 0.833. The van der Waals surface area contributed by atoms with Gasteiger partial charge in [-0.25, -0.2) is 0 Å². The van der Waals surface area contributed by atoms with Gasteiger partial charge in [0.25, 0.3) is 0 Å². The van der Waals surface area contributed by atoms with Gasteiger partial charge in [0.15, 0.2) is 0 Å².